The third kappa shape index (κ3) is 2.85. The van der Waals surface area contributed by atoms with Gasteiger partial charge in [-0.2, -0.15) is 5.26 Å². The summed E-state index contributed by atoms with van der Waals surface area (Å²) in [6, 6.07) is 7.41. The minimum Gasteiger partial charge on any atom is -0.383 e. The van der Waals surface area contributed by atoms with E-state index in [9.17, 15) is 8.42 Å². The van der Waals surface area contributed by atoms with Gasteiger partial charge < -0.3 is 5.32 Å². The number of hydrogen-bond donors (Lipinski definition) is 1. The van der Waals surface area contributed by atoms with Gasteiger partial charge in [0.1, 0.15) is 6.07 Å². The number of hydrogen-bond acceptors (Lipinski definition) is 4. The molecule has 0 radical (unpaired) electrons. The Labute approximate surface area is 115 Å². The number of rotatable bonds is 3. The van der Waals surface area contributed by atoms with Gasteiger partial charge in [0.05, 0.1) is 22.3 Å². The normalized spacial score (nSPS) is 21.4. The van der Waals surface area contributed by atoms with E-state index >= 15 is 0 Å². The third-order valence-corrected chi connectivity index (χ3v) is 5.85. The molecule has 1 aliphatic rings. The fourth-order valence-electron chi connectivity index (χ4n) is 2.07. The zero-order valence-electron chi connectivity index (χ0n) is 9.69. The predicted molar refractivity (Wildman–Crippen MR) is 74.2 cm³/mol. The molecule has 0 spiro atoms. The monoisotopic (exact) mass is 328 g/mol. The Bertz CT molecular complexity index is 593. The fraction of sp³-hybridized carbons (Fsp3) is 0.417. The highest BCUT2D eigenvalue weighted by Gasteiger charge is 2.30. The van der Waals surface area contributed by atoms with Gasteiger partial charge in [0.2, 0.25) is 0 Å². The largest absolute Gasteiger partial charge is 0.383 e. The van der Waals surface area contributed by atoms with Crippen LogP contribution in [0, 0.1) is 11.3 Å². The molecule has 1 aliphatic heterocycles. The molecule has 4 nitrogen and oxygen atoms in total. The molecule has 2 rings (SSSR count). The lowest BCUT2D eigenvalue weighted by Crippen LogP contribution is -2.25. The van der Waals surface area contributed by atoms with Crippen LogP contribution in [0.15, 0.2) is 22.7 Å². The average molecular weight is 329 g/mol. The summed E-state index contributed by atoms with van der Waals surface area (Å²) in [5.41, 5.74) is 1.20. The van der Waals surface area contributed by atoms with Crippen molar-refractivity contribution in [1.82, 2.24) is 0 Å². The van der Waals surface area contributed by atoms with Crippen molar-refractivity contribution in [2.45, 2.75) is 18.1 Å². The highest BCUT2D eigenvalue weighted by Crippen LogP contribution is 2.23. The van der Waals surface area contributed by atoms with Crippen LogP contribution in [-0.2, 0) is 9.84 Å². The van der Waals surface area contributed by atoms with Gasteiger partial charge in [-0.05, 0) is 31.0 Å². The summed E-state index contributed by atoms with van der Waals surface area (Å²) in [6.07, 6.45) is 1.44. The minimum absolute atomic E-state index is 0.283. The zero-order valence-corrected chi connectivity index (χ0v) is 12.1. The molecule has 0 bridgehead atoms. The van der Waals surface area contributed by atoms with E-state index in [2.05, 4.69) is 27.3 Å². The molecule has 0 aliphatic carbocycles. The molecule has 6 heteroatoms. The van der Waals surface area contributed by atoms with Crippen LogP contribution in [-0.4, -0.2) is 26.0 Å². The maximum atomic E-state index is 11.7. The number of halogens is 1. The van der Waals surface area contributed by atoms with Crippen molar-refractivity contribution in [3.8, 4) is 6.07 Å². The van der Waals surface area contributed by atoms with E-state index < -0.39 is 9.84 Å². The lowest BCUT2D eigenvalue weighted by Gasteiger charge is -2.13. The highest BCUT2D eigenvalue weighted by atomic mass is 79.9. The van der Waals surface area contributed by atoms with Crippen LogP contribution >= 0.6 is 15.9 Å². The highest BCUT2D eigenvalue weighted by molar-refractivity contribution is 9.10. The smallest absolute Gasteiger partial charge is 0.154 e. The minimum atomic E-state index is -2.94. The molecular formula is C12H13BrN2O2S. The van der Waals surface area contributed by atoms with Gasteiger partial charge in [-0.25, -0.2) is 8.42 Å². The number of anilines is 1. The van der Waals surface area contributed by atoms with Crippen LogP contribution in [0.25, 0.3) is 0 Å². The molecule has 1 aromatic rings. The summed E-state index contributed by atoms with van der Waals surface area (Å²) >= 11 is 3.30. The lowest BCUT2D eigenvalue weighted by atomic mass is 10.2. The molecule has 0 saturated carbocycles. The van der Waals surface area contributed by atoms with Crippen LogP contribution in [0.5, 0.6) is 0 Å². The molecule has 1 saturated heterocycles. The second kappa shape index (κ2) is 5.29. The predicted octanol–water partition coefficient (Wildman–Crippen LogP) is 2.31. The van der Waals surface area contributed by atoms with Crippen molar-refractivity contribution in [2.75, 3.05) is 17.6 Å². The summed E-state index contributed by atoms with van der Waals surface area (Å²) in [6.45, 7) is 0.374. The third-order valence-electron chi connectivity index (χ3n) is 3.09. The fourth-order valence-corrected chi connectivity index (χ4v) is 4.20. The summed E-state index contributed by atoms with van der Waals surface area (Å²) in [4.78, 5) is 0. The molecule has 96 valence electrons. The Morgan fingerprint density at radius 1 is 1.50 bits per heavy atom. The van der Waals surface area contributed by atoms with E-state index in [-0.39, 0.29) is 11.0 Å². The second-order valence-corrected chi connectivity index (χ2v) is 7.63. The molecule has 1 aromatic carbocycles. The van der Waals surface area contributed by atoms with Crippen molar-refractivity contribution in [2.24, 2.45) is 0 Å². The Balaban J connectivity index is 2.10. The van der Waals surface area contributed by atoms with Crippen molar-refractivity contribution < 1.29 is 8.42 Å². The van der Waals surface area contributed by atoms with Gasteiger partial charge in [-0.3, -0.25) is 0 Å². The molecule has 1 fully saturated rings. The summed E-state index contributed by atoms with van der Waals surface area (Å²) in [5, 5.41) is 11.7. The first-order chi connectivity index (χ1) is 8.53. The maximum absolute atomic E-state index is 11.7. The lowest BCUT2D eigenvalue weighted by molar-refractivity contribution is 0.591. The summed E-state index contributed by atoms with van der Waals surface area (Å²) in [5.74, 6) is 0.283. The van der Waals surface area contributed by atoms with Gasteiger partial charge in [-0.1, -0.05) is 15.9 Å². The maximum Gasteiger partial charge on any atom is 0.154 e. The first-order valence-electron chi connectivity index (χ1n) is 5.68. The standard InChI is InChI=1S/C12H13BrN2O2S/c13-10-3-4-12(9(6-10)7-14)15-8-11-2-1-5-18(11,16)17/h3-4,6,11,15H,1-2,5,8H2/t11-/m1/s1. The van der Waals surface area contributed by atoms with Crippen molar-refractivity contribution >= 4 is 31.5 Å². The summed E-state index contributed by atoms with van der Waals surface area (Å²) in [7, 11) is -2.94. The molecule has 1 N–H and O–H groups in total. The van der Waals surface area contributed by atoms with Gasteiger partial charge in [-0.15, -0.1) is 0 Å². The molecule has 18 heavy (non-hydrogen) atoms. The number of sulfone groups is 1. The van der Waals surface area contributed by atoms with E-state index in [1.807, 2.05) is 6.07 Å². The molecule has 0 amide bonds. The van der Waals surface area contributed by atoms with Crippen molar-refractivity contribution in [3.63, 3.8) is 0 Å². The Kier molecular flexibility index (Phi) is 3.93. The number of benzene rings is 1. The van der Waals surface area contributed by atoms with Crippen LogP contribution in [0.3, 0.4) is 0 Å². The Morgan fingerprint density at radius 3 is 2.89 bits per heavy atom. The Morgan fingerprint density at radius 2 is 2.28 bits per heavy atom. The van der Waals surface area contributed by atoms with E-state index in [0.717, 1.165) is 10.9 Å². The average Bonchev–Trinajstić information content (AvgIpc) is 2.66. The number of nitriles is 1. The molecule has 1 atom stereocenters. The quantitative estimate of drug-likeness (QED) is 0.924. The first-order valence-corrected chi connectivity index (χ1v) is 8.19. The molecule has 0 unspecified atom stereocenters. The van der Waals surface area contributed by atoms with Gasteiger partial charge in [0.15, 0.2) is 9.84 Å². The van der Waals surface area contributed by atoms with Crippen molar-refractivity contribution in [3.05, 3.63) is 28.2 Å². The number of nitrogens with one attached hydrogen (secondary N) is 1. The van der Waals surface area contributed by atoms with Crippen LogP contribution in [0.2, 0.25) is 0 Å². The molecule has 1 heterocycles. The summed E-state index contributed by atoms with van der Waals surface area (Å²) < 4.78 is 24.2. The van der Waals surface area contributed by atoms with Gasteiger partial charge in [0.25, 0.3) is 0 Å². The van der Waals surface area contributed by atoms with E-state index in [1.54, 1.807) is 12.1 Å². The SMILES string of the molecule is N#Cc1cc(Br)ccc1NC[C@H]1CCCS1(=O)=O. The first kappa shape index (κ1) is 13.4. The van der Waals surface area contributed by atoms with Gasteiger partial charge in [0, 0.05) is 11.0 Å². The zero-order chi connectivity index (χ0) is 13.2. The topological polar surface area (TPSA) is 70.0 Å². The van der Waals surface area contributed by atoms with E-state index in [0.29, 0.717) is 24.2 Å². The van der Waals surface area contributed by atoms with Crippen molar-refractivity contribution in [1.29, 1.82) is 5.26 Å². The van der Waals surface area contributed by atoms with Crippen LogP contribution in [0.1, 0.15) is 18.4 Å². The molecule has 0 aromatic heterocycles. The van der Waals surface area contributed by atoms with E-state index in [4.69, 9.17) is 5.26 Å². The second-order valence-electron chi connectivity index (χ2n) is 4.31. The van der Waals surface area contributed by atoms with Gasteiger partial charge >= 0.3 is 0 Å². The van der Waals surface area contributed by atoms with E-state index in [1.165, 1.54) is 0 Å². The van der Waals surface area contributed by atoms with Crippen LogP contribution < -0.4 is 5.32 Å². The number of nitrogens with zero attached hydrogens (tertiary/aromatic N) is 1. The Hall–Kier alpha value is -1.06. The molecular weight excluding hydrogens is 316 g/mol. The van der Waals surface area contributed by atoms with Crippen LogP contribution in [0.4, 0.5) is 5.69 Å².